The third kappa shape index (κ3) is 7.34. The Kier molecular flexibility index (Phi) is 9.96. The Bertz CT molecular complexity index is 1720. The highest BCUT2D eigenvalue weighted by Crippen LogP contribution is 2.38. The first kappa shape index (κ1) is 30.7. The van der Waals surface area contributed by atoms with Crippen molar-refractivity contribution in [3.8, 4) is 11.5 Å². The molecule has 0 bridgehead atoms. The maximum atomic E-state index is 11.3. The predicted octanol–water partition coefficient (Wildman–Crippen LogP) is 8.49. The van der Waals surface area contributed by atoms with Gasteiger partial charge in [0, 0.05) is 41.1 Å². The normalized spacial score (nSPS) is 11.1. The minimum atomic E-state index is -0.540. The number of ether oxygens (including phenoxy) is 2. The summed E-state index contributed by atoms with van der Waals surface area (Å²) in [7, 11) is 3.08. The number of thioether (sulfide) groups is 1. The van der Waals surface area contributed by atoms with E-state index < -0.39 is 9.85 Å². The highest BCUT2D eigenvalue weighted by atomic mass is 35.5. The van der Waals surface area contributed by atoms with Crippen LogP contribution < -0.4 is 14.8 Å². The van der Waals surface area contributed by atoms with Gasteiger partial charge < -0.3 is 14.8 Å². The van der Waals surface area contributed by atoms with Crippen molar-refractivity contribution in [3.05, 3.63) is 120 Å². The van der Waals surface area contributed by atoms with Gasteiger partial charge in [0.2, 0.25) is 0 Å². The smallest absolute Gasteiger partial charge is 0.270 e. The number of thiocarbonyl (C=S) groups is 1. The number of nitrogens with one attached hydrogen (secondary N) is 1. The summed E-state index contributed by atoms with van der Waals surface area (Å²) >= 11 is 19.5. The second-order valence-corrected chi connectivity index (χ2v) is 10.6. The Morgan fingerprint density at radius 2 is 1.43 bits per heavy atom. The topological polar surface area (TPSA) is 129 Å². The summed E-state index contributed by atoms with van der Waals surface area (Å²) in [6, 6.07) is 20.5. The van der Waals surface area contributed by atoms with Crippen molar-refractivity contribution in [1.29, 1.82) is 0 Å². The molecule has 0 unspecified atom stereocenters. The molecule has 1 N–H and O–H groups in total. The van der Waals surface area contributed by atoms with E-state index in [1.165, 1.54) is 55.3 Å². The number of hydrogen-bond donors (Lipinski definition) is 1. The van der Waals surface area contributed by atoms with Crippen LogP contribution in [0.2, 0.25) is 10.0 Å². The van der Waals surface area contributed by atoms with Crippen molar-refractivity contribution in [2.75, 3.05) is 19.5 Å². The van der Waals surface area contributed by atoms with E-state index in [1.54, 1.807) is 49.6 Å². The summed E-state index contributed by atoms with van der Waals surface area (Å²) in [6.07, 6.45) is 0. The van der Waals surface area contributed by atoms with Crippen LogP contribution in [0.3, 0.4) is 0 Å². The maximum absolute atomic E-state index is 11.3. The Morgan fingerprint density at radius 3 is 1.95 bits per heavy atom. The van der Waals surface area contributed by atoms with E-state index in [-0.39, 0.29) is 26.4 Å². The zero-order valence-electron chi connectivity index (χ0n) is 21.9. The van der Waals surface area contributed by atoms with Crippen LogP contribution in [-0.2, 0) is 0 Å². The molecular formula is C28H20Cl2N4O6S2. The molecule has 42 heavy (non-hydrogen) atoms. The van der Waals surface area contributed by atoms with Crippen molar-refractivity contribution in [2.45, 2.75) is 4.90 Å². The number of nitro groups is 2. The molecule has 4 rings (SSSR count). The number of benzene rings is 4. The molecule has 4 aromatic carbocycles. The molecule has 0 fully saturated rings. The number of hydrogen-bond acceptors (Lipinski definition) is 9. The number of aliphatic imine (C=N–C) groups is 1. The number of nitro benzene ring substituents is 2. The Hall–Kier alpha value is -4.23. The van der Waals surface area contributed by atoms with Gasteiger partial charge in [0.05, 0.1) is 44.7 Å². The third-order valence-electron chi connectivity index (χ3n) is 5.73. The number of rotatable bonds is 9. The average molecular weight is 644 g/mol. The van der Waals surface area contributed by atoms with Gasteiger partial charge >= 0.3 is 0 Å². The second-order valence-electron chi connectivity index (χ2n) is 8.38. The van der Waals surface area contributed by atoms with Gasteiger partial charge in [0.25, 0.3) is 11.4 Å². The van der Waals surface area contributed by atoms with E-state index in [9.17, 15) is 20.2 Å². The SMILES string of the molecule is COc1ccc(N=C(Sc2cc(NC(=S)c3ccc([N+](=O)[O-])cc3Cl)ccc2OC)c2ccc([N+](=O)[O-])cc2Cl)cc1. The maximum Gasteiger partial charge on any atom is 0.270 e. The van der Waals surface area contributed by atoms with Crippen LogP contribution >= 0.6 is 47.2 Å². The molecule has 214 valence electrons. The van der Waals surface area contributed by atoms with Gasteiger partial charge in [0.1, 0.15) is 21.5 Å². The summed E-state index contributed by atoms with van der Waals surface area (Å²) < 4.78 is 10.8. The van der Waals surface area contributed by atoms with E-state index in [1.807, 2.05) is 0 Å². The molecular weight excluding hydrogens is 623 g/mol. The lowest BCUT2D eigenvalue weighted by molar-refractivity contribution is -0.385. The quantitative estimate of drug-likeness (QED) is 0.0477. The summed E-state index contributed by atoms with van der Waals surface area (Å²) in [5.41, 5.74) is 1.76. The molecule has 10 nitrogen and oxygen atoms in total. The molecule has 0 aliphatic carbocycles. The van der Waals surface area contributed by atoms with E-state index in [0.29, 0.717) is 43.9 Å². The molecule has 0 aliphatic heterocycles. The lowest BCUT2D eigenvalue weighted by atomic mass is 10.2. The largest absolute Gasteiger partial charge is 0.497 e. The molecule has 0 heterocycles. The van der Waals surface area contributed by atoms with E-state index in [2.05, 4.69) is 5.32 Å². The van der Waals surface area contributed by atoms with Crippen molar-refractivity contribution in [1.82, 2.24) is 0 Å². The van der Waals surface area contributed by atoms with E-state index in [4.69, 9.17) is 49.9 Å². The fourth-order valence-electron chi connectivity index (χ4n) is 3.64. The summed E-state index contributed by atoms with van der Waals surface area (Å²) in [5, 5.41) is 26.2. The van der Waals surface area contributed by atoms with E-state index in [0.717, 1.165) is 0 Å². The molecule has 0 saturated heterocycles. The monoisotopic (exact) mass is 642 g/mol. The van der Waals surface area contributed by atoms with Crippen molar-refractivity contribution in [2.24, 2.45) is 4.99 Å². The molecule has 0 spiro atoms. The van der Waals surface area contributed by atoms with Crippen LogP contribution in [0.15, 0.2) is 88.8 Å². The van der Waals surface area contributed by atoms with Crippen molar-refractivity contribution >= 4 is 80.0 Å². The van der Waals surface area contributed by atoms with Crippen LogP contribution in [0, 0.1) is 20.2 Å². The first-order valence-corrected chi connectivity index (χ1v) is 13.9. The van der Waals surface area contributed by atoms with Crippen LogP contribution in [0.1, 0.15) is 11.1 Å². The Labute approximate surface area is 259 Å². The zero-order valence-corrected chi connectivity index (χ0v) is 25.0. The molecule has 4 aromatic rings. The van der Waals surface area contributed by atoms with Gasteiger partial charge in [-0.25, -0.2) is 4.99 Å². The fourth-order valence-corrected chi connectivity index (χ4v) is 5.67. The number of nitrogens with zero attached hydrogens (tertiary/aromatic N) is 3. The van der Waals surface area contributed by atoms with Gasteiger partial charge in [-0.1, -0.05) is 47.2 Å². The number of anilines is 1. The van der Waals surface area contributed by atoms with Crippen molar-refractivity contribution < 1.29 is 19.3 Å². The van der Waals surface area contributed by atoms with E-state index >= 15 is 0 Å². The Balaban J connectivity index is 1.71. The van der Waals surface area contributed by atoms with Gasteiger partial charge in [-0.2, -0.15) is 0 Å². The first-order chi connectivity index (χ1) is 20.1. The molecule has 0 saturated carbocycles. The molecule has 0 amide bonds. The van der Waals surface area contributed by atoms with Gasteiger partial charge in [0.15, 0.2) is 0 Å². The van der Waals surface area contributed by atoms with Crippen LogP contribution in [0.4, 0.5) is 22.7 Å². The summed E-state index contributed by atoms with van der Waals surface area (Å²) in [6.45, 7) is 0. The summed E-state index contributed by atoms with van der Waals surface area (Å²) in [5.74, 6) is 1.17. The lowest BCUT2D eigenvalue weighted by Gasteiger charge is -2.15. The van der Waals surface area contributed by atoms with Crippen molar-refractivity contribution in [3.63, 3.8) is 0 Å². The van der Waals surface area contributed by atoms with Crippen LogP contribution in [-0.4, -0.2) is 34.1 Å². The van der Waals surface area contributed by atoms with Gasteiger partial charge in [-0.3, -0.25) is 20.2 Å². The van der Waals surface area contributed by atoms with Crippen LogP contribution in [0.25, 0.3) is 0 Å². The lowest BCUT2D eigenvalue weighted by Crippen LogP contribution is -2.11. The fraction of sp³-hybridized carbons (Fsp3) is 0.0714. The second kappa shape index (κ2) is 13.6. The Morgan fingerprint density at radius 1 is 0.833 bits per heavy atom. The average Bonchev–Trinajstić information content (AvgIpc) is 2.97. The first-order valence-electron chi connectivity index (χ1n) is 11.9. The molecule has 0 aromatic heterocycles. The van der Waals surface area contributed by atoms with Crippen LogP contribution in [0.5, 0.6) is 11.5 Å². The zero-order chi connectivity index (χ0) is 30.4. The highest BCUT2D eigenvalue weighted by Gasteiger charge is 2.19. The van der Waals surface area contributed by atoms with Gasteiger partial charge in [-0.05, 0) is 54.6 Å². The molecule has 0 atom stereocenters. The number of non-ortho nitro benzene ring substituents is 2. The minimum Gasteiger partial charge on any atom is -0.497 e. The number of halogens is 2. The predicted molar refractivity (Wildman–Crippen MR) is 170 cm³/mol. The molecule has 0 aliphatic rings. The molecule has 14 heteroatoms. The van der Waals surface area contributed by atoms with Gasteiger partial charge in [-0.15, -0.1) is 0 Å². The summed E-state index contributed by atoms with van der Waals surface area (Å²) in [4.78, 5) is 26.9. The highest BCUT2D eigenvalue weighted by molar-refractivity contribution is 8.14. The third-order valence-corrected chi connectivity index (χ3v) is 7.72. The minimum absolute atomic E-state index is 0.131. The standard InChI is InChI=1S/C28H20Cl2N4O6S2/c1-39-20-8-3-16(4-9-20)32-28(22-11-7-19(34(37)38)15-24(22)30)42-26-13-17(5-12-25(26)40-2)31-27(41)21-10-6-18(33(35)36)14-23(21)29/h3-15H,1-2H3,(H,31,41). The number of methoxy groups -OCH3 is 2. The molecule has 0 radical (unpaired) electrons.